The van der Waals surface area contributed by atoms with Crippen molar-refractivity contribution < 1.29 is 8.42 Å². The summed E-state index contributed by atoms with van der Waals surface area (Å²) in [5, 5.41) is 11.3. The van der Waals surface area contributed by atoms with Gasteiger partial charge in [-0.2, -0.15) is 5.10 Å². The van der Waals surface area contributed by atoms with Crippen LogP contribution < -0.4 is 5.14 Å². The van der Waals surface area contributed by atoms with Crippen LogP contribution in [0.5, 0.6) is 0 Å². The molecule has 2 rings (SSSR count). The van der Waals surface area contributed by atoms with Gasteiger partial charge < -0.3 is 0 Å². The summed E-state index contributed by atoms with van der Waals surface area (Å²) in [6.07, 6.45) is 2.83. The molecule has 0 aliphatic carbocycles. The van der Waals surface area contributed by atoms with E-state index in [1.165, 1.54) is 22.2 Å². The first-order valence-electron chi connectivity index (χ1n) is 3.95. The Morgan fingerprint density at radius 1 is 1.53 bits per heavy atom. The predicted octanol–water partition coefficient (Wildman–Crippen LogP) is 0.191. The van der Waals surface area contributed by atoms with E-state index in [9.17, 15) is 8.42 Å². The molecule has 8 heteroatoms. The standard InChI is InChI=1S/C7H8N4O2S2/c1-11-6(7-9-2-3-14-7)5(4-10-11)15(8,12)13/h2-4H,1H3,(H2,8,12,13). The molecule has 0 radical (unpaired) electrons. The molecule has 6 nitrogen and oxygen atoms in total. The fourth-order valence-corrected chi connectivity index (χ4v) is 2.69. The molecule has 0 bridgehead atoms. The maximum Gasteiger partial charge on any atom is 0.241 e. The summed E-state index contributed by atoms with van der Waals surface area (Å²) < 4.78 is 24.0. The Kier molecular flexibility index (Phi) is 2.33. The van der Waals surface area contributed by atoms with Crippen LogP contribution in [0.15, 0.2) is 22.7 Å². The summed E-state index contributed by atoms with van der Waals surface area (Å²) >= 11 is 1.33. The van der Waals surface area contributed by atoms with E-state index in [4.69, 9.17) is 5.14 Å². The number of aryl methyl sites for hydroxylation is 1. The largest absolute Gasteiger partial charge is 0.264 e. The third-order valence-corrected chi connectivity index (χ3v) is 3.54. The predicted molar refractivity (Wildman–Crippen MR) is 55.7 cm³/mol. The molecular formula is C7H8N4O2S2. The molecule has 0 aromatic carbocycles. The third kappa shape index (κ3) is 1.78. The average molecular weight is 244 g/mol. The van der Waals surface area contributed by atoms with Crippen LogP contribution in [0.4, 0.5) is 0 Å². The molecule has 0 amide bonds. The van der Waals surface area contributed by atoms with Crippen LogP contribution in [-0.4, -0.2) is 23.2 Å². The second-order valence-electron chi connectivity index (χ2n) is 2.86. The highest BCUT2D eigenvalue weighted by atomic mass is 32.2. The summed E-state index contributed by atoms with van der Waals surface area (Å²) in [6, 6.07) is 0. The Morgan fingerprint density at radius 3 is 2.80 bits per heavy atom. The van der Waals surface area contributed by atoms with Gasteiger partial charge in [-0.1, -0.05) is 0 Å². The van der Waals surface area contributed by atoms with Crippen LogP contribution in [0.3, 0.4) is 0 Å². The van der Waals surface area contributed by atoms with E-state index < -0.39 is 10.0 Å². The maximum atomic E-state index is 11.3. The number of thiazole rings is 1. The minimum absolute atomic E-state index is 0.0000463. The number of hydrogen-bond acceptors (Lipinski definition) is 5. The molecule has 80 valence electrons. The summed E-state index contributed by atoms with van der Waals surface area (Å²) in [7, 11) is -2.11. The van der Waals surface area contributed by atoms with Gasteiger partial charge in [-0.15, -0.1) is 11.3 Å². The normalized spacial score (nSPS) is 11.9. The van der Waals surface area contributed by atoms with E-state index in [1.807, 2.05) is 0 Å². The van der Waals surface area contributed by atoms with Crippen molar-refractivity contribution >= 4 is 21.4 Å². The van der Waals surface area contributed by atoms with Crippen LogP contribution in [-0.2, 0) is 17.1 Å². The Labute approximate surface area is 90.4 Å². The lowest BCUT2D eigenvalue weighted by molar-refractivity contribution is 0.598. The lowest BCUT2D eigenvalue weighted by atomic mass is 10.4. The lowest BCUT2D eigenvalue weighted by Gasteiger charge is -2.00. The quantitative estimate of drug-likeness (QED) is 0.816. The van der Waals surface area contributed by atoms with E-state index >= 15 is 0 Å². The molecule has 0 aliphatic rings. The Bertz CT molecular complexity index is 570. The smallest absolute Gasteiger partial charge is 0.241 e. The fourth-order valence-electron chi connectivity index (χ4n) is 1.21. The van der Waals surface area contributed by atoms with Gasteiger partial charge in [0.2, 0.25) is 10.0 Å². The number of sulfonamides is 1. The summed E-state index contributed by atoms with van der Waals surface area (Å²) in [4.78, 5) is 4.03. The Morgan fingerprint density at radius 2 is 2.27 bits per heavy atom. The number of primary sulfonamides is 1. The number of aromatic nitrogens is 3. The Hall–Kier alpha value is -1.25. The lowest BCUT2D eigenvalue weighted by Crippen LogP contribution is -2.12. The first kappa shape index (κ1) is 10.3. The molecule has 0 unspecified atom stereocenters. The fraction of sp³-hybridized carbons (Fsp3) is 0.143. The van der Waals surface area contributed by atoms with E-state index in [-0.39, 0.29) is 4.90 Å². The zero-order chi connectivity index (χ0) is 11.1. The van der Waals surface area contributed by atoms with Gasteiger partial charge in [-0.25, -0.2) is 18.5 Å². The average Bonchev–Trinajstić information content (AvgIpc) is 2.69. The van der Waals surface area contributed by atoms with Crippen LogP contribution in [0.2, 0.25) is 0 Å². The van der Waals surface area contributed by atoms with Crippen molar-refractivity contribution in [2.75, 3.05) is 0 Å². The van der Waals surface area contributed by atoms with Gasteiger partial charge in [0.1, 0.15) is 15.6 Å². The summed E-state index contributed by atoms with van der Waals surface area (Å²) in [6.45, 7) is 0. The third-order valence-electron chi connectivity index (χ3n) is 1.85. The molecule has 2 heterocycles. The molecule has 2 N–H and O–H groups in total. The second-order valence-corrected chi connectivity index (χ2v) is 5.29. The highest BCUT2D eigenvalue weighted by Gasteiger charge is 2.21. The van der Waals surface area contributed by atoms with Crippen molar-refractivity contribution in [2.45, 2.75) is 4.90 Å². The second kappa shape index (κ2) is 3.40. The van der Waals surface area contributed by atoms with E-state index in [0.717, 1.165) is 0 Å². The van der Waals surface area contributed by atoms with Gasteiger partial charge >= 0.3 is 0 Å². The van der Waals surface area contributed by atoms with Crippen molar-refractivity contribution in [3.63, 3.8) is 0 Å². The first-order chi connectivity index (χ1) is 7.00. The topological polar surface area (TPSA) is 90.9 Å². The van der Waals surface area contributed by atoms with Crippen LogP contribution in [0.25, 0.3) is 10.7 Å². The van der Waals surface area contributed by atoms with Crippen molar-refractivity contribution in [2.24, 2.45) is 12.2 Å². The van der Waals surface area contributed by atoms with Crippen molar-refractivity contribution in [1.29, 1.82) is 0 Å². The molecule has 0 saturated heterocycles. The van der Waals surface area contributed by atoms with Gasteiger partial charge in [0, 0.05) is 18.6 Å². The molecule has 0 aliphatic heterocycles. The van der Waals surface area contributed by atoms with Crippen LogP contribution in [0, 0.1) is 0 Å². The molecule has 0 fully saturated rings. The van der Waals surface area contributed by atoms with Gasteiger partial charge in [0.05, 0.1) is 6.20 Å². The molecule has 2 aromatic rings. The molecule has 0 saturated carbocycles. The number of nitrogens with zero attached hydrogens (tertiary/aromatic N) is 3. The van der Waals surface area contributed by atoms with Crippen molar-refractivity contribution in [1.82, 2.24) is 14.8 Å². The first-order valence-corrected chi connectivity index (χ1v) is 6.37. The zero-order valence-electron chi connectivity index (χ0n) is 7.78. The Balaban J connectivity index is 2.71. The van der Waals surface area contributed by atoms with Gasteiger partial charge in [-0.05, 0) is 0 Å². The van der Waals surface area contributed by atoms with Gasteiger partial charge in [0.15, 0.2) is 0 Å². The zero-order valence-corrected chi connectivity index (χ0v) is 9.42. The van der Waals surface area contributed by atoms with Crippen LogP contribution >= 0.6 is 11.3 Å². The highest BCUT2D eigenvalue weighted by molar-refractivity contribution is 7.89. The number of hydrogen-bond donors (Lipinski definition) is 1. The maximum absolute atomic E-state index is 11.3. The molecule has 2 aromatic heterocycles. The van der Waals surface area contributed by atoms with Gasteiger partial charge in [-0.3, -0.25) is 4.68 Å². The van der Waals surface area contributed by atoms with Crippen LogP contribution in [0.1, 0.15) is 0 Å². The minimum Gasteiger partial charge on any atom is -0.264 e. The summed E-state index contributed by atoms with van der Waals surface area (Å²) in [5.41, 5.74) is 0.424. The summed E-state index contributed by atoms with van der Waals surface area (Å²) in [5.74, 6) is 0. The SMILES string of the molecule is Cn1ncc(S(N)(=O)=O)c1-c1nccs1. The van der Waals surface area contributed by atoms with Crippen molar-refractivity contribution in [3.8, 4) is 10.7 Å². The molecule has 0 atom stereocenters. The van der Waals surface area contributed by atoms with Crippen molar-refractivity contribution in [3.05, 3.63) is 17.8 Å². The number of rotatable bonds is 2. The highest BCUT2D eigenvalue weighted by Crippen LogP contribution is 2.27. The monoisotopic (exact) mass is 244 g/mol. The minimum atomic E-state index is -3.76. The van der Waals surface area contributed by atoms with E-state index in [1.54, 1.807) is 18.6 Å². The van der Waals surface area contributed by atoms with Gasteiger partial charge in [0.25, 0.3) is 0 Å². The van der Waals surface area contributed by atoms with E-state index in [0.29, 0.717) is 10.7 Å². The molecule has 0 spiro atoms. The number of nitrogens with two attached hydrogens (primary N) is 1. The van der Waals surface area contributed by atoms with E-state index in [2.05, 4.69) is 10.1 Å². The molecular weight excluding hydrogens is 236 g/mol. The molecule has 15 heavy (non-hydrogen) atoms.